The molecule has 17 nitrogen and oxygen atoms in total. The molecule has 1 aliphatic carbocycles. The largest absolute Gasteiger partial charge is 0.383 e. The Morgan fingerprint density at radius 1 is 0.979 bits per heavy atom. The maximum Gasteiger partial charge on any atom is 0.344 e. The van der Waals surface area contributed by atoms with Gasteiger partial charge in [-0.15, -0.1) is 5.10 Å². The molecule has 2 aliphatic rings. The number of nitrogens with one attached hydrogen (secondary N) is 4. The fourth-order valence-corrected chi connectivity index (χ4v) is 6.11. The van der Waals surface area contributed by atoms with E-state index < -0.39 is 19.8 Å². The number of amides is 2. The van der Waals surface area contributed by atoms with Crippen LogP contribution in [0.3, 0.4) is 0 Å². The fourth-order valence-electron chi connectivity index (χ4n) is 5.73. The molecule has 0 unspecified atom stereocenters. The Morgan fingerprint density at radius 2 is 1.74 bits per heavy atom. The van der Waals surface area contributed by atoms with E-state index in [2.05, 4.69) is 41.5 Å². The monoisotopic (exact) mass is 678 g/mol. The minimum absolute atomic E-state index is 0.0218. The van der Waals surface area contributed by atoms with E-state index in [0.717, 1.165) is 50.8 Å². The summed E-state index contributed by atoms with van der Waals surface area (Å²) in [4.78, 5) is 54.7. The molecule has 8 N–H and O–H groups in total. The van der Waals surface area contributed by atoms with Gasteiger partial charge in [0.2, 0.25) is 17.8 Å². The van der Waals surface area contributed by atoms with Crippen molar-refractivity contribution in [3.05, 3.63) is 18.0 Å². The van der Waals surface area contributed by atoms with Crippen molar-refractivity contribution in [1.29, 1.82) is 0 Å². The van der Waals surface area contributed by atoms with Gasteiger partial charge in [-0.05, 0) is 51.7 Å². The molecule has 3 heterocycles. The SMILES string of the molecule is Nc1cc(N2CCN(C(=O)CCCC(=O)NCP(=O)(O)O)CC2)nc(NCc2cn(CCCNCCCNC3CCCCC3)nn2)n1. The molecular formula is C29H51N12O5P. The van der Waals surface area contributed by atoms with Crippen LogP contribution in [-0.2, 0) is 27.2 Å². The number of hydrogen-bond acceptors (Lipinski definition) is 12. The van der Waals surface area contributed by atoms with Crippen molar-refractivity contribution in [3.63, 3.8) is 0 Å². The third-order valence-corrected chi connectivity index (χ3v) is 8.86. The summed E-state index contributed by atoms with van der Waals surface area (Å²) in [5.74, 6) is 0.808. The molecule has 262 valence electrons. The van der Waals surface area contributed by atoms with Gasteiger partial charge >= 0.3 is 7.60 Å². The van der Waals surface area contributed by atoms with Crippen LogP contribution >= 0.6 is 7.60 Å². The van der Waals surface area contributed by atoms with Crippen LogP contribution in [0.25, 0.3) is 0 Å². The van der Waals surface area contributed by atoms with Gasteiger partial charge in [-0.25, -0.2) is 0 Å². The molecule has 47 heavy (non-hydrogen) atoms. The summed E-state index contributed by atoms with van der Waals surface area (Å²) in [5, 5.41) is 21.1. The molecule has 0 aromatic carbocycles. The first-order valence-corrected chi connectivity index (χ1v) is 18.5. The first-order chi connectivity index (χ1) is 22.6. The molecule has 0 bridgehead atoms. The van der Waals surface area contributed by atoms with E-state index in [9.17, 15) is 14.2 Å². The van der Waals surface area contributed by atoms with Crippen molar-refractivity contribution < 1.29 is 23.9 Å². The molecular weight excluding hydrogens is 627 g/mol. The van der Waals surface area contributed by atoms with Crippen LogP contribution in [0.2, 0.25) is 0 Å². The highest BCUT2D eigenvalue weighted by atomic mass is 31.2. The number of piperazine rings is 1. The van der Waals surface area contributed by atoms with Gasteiger partial charge in [0.05, 0.1) is 12.7 Å². The second-order valence-corrected chi connectivity index (χ2v) is 13.8. The molecule has 0 atom stereocenters. The Hall–Kier alpha value is -3.37. The number of hydrogen-bond donors (Lipinski definition) is 7. The van der Waals surface area contributed by atoms with Crippen LogP contribution in [0.15, 0.2) is 12.3 Å². The molecule has 18 heteroatoms. The molecule has 0 spiro atoms. The zero-order valence-corrected chi connectivity index (χ0v) is 28.0. The number of carbonyl (C=O) groups is 2. The predicted octanol–water partition coefficient (Wildman–Crippen LogP) is 0.625. The third kappa shape index (κ3) is 13.7. The van der Waals surface area contributed by atoms with Crippen molar-refractivity contribution in [1.82, 2.24) is 45.8 Å². The Morgan fingerprint density at radius 3 is 2.51 bits per heavy atom. The number of anilines is 3. The van der Waals surface area contributed by atoms with Crippen LogP contribution in [-0.4, -0.2) is 110 Å². The van der Waals surface area contributed by atoms with Gasteiger partial charge in [-0.3, -0.25) is 18.8 Å². The van der Waals surface area contributed by atoms with E-state index in [4.69, 9.17) is 15.5 Å². The van der Waals surface area contributed by atoms with Gasteiger partial charge in [-0.1, -0.05) is 24.5 Å². The summed E-state index contributed by atoms with van der Waals surface area (Å²) in [5.41, 5.74) is 6.85. The Labute approximate surface area is 276 Å². The van der Waals surface area contributed by atoms with Crippen molar-refractivity contribution in [2.24, 2.45) is 0 Å². The smallest absolute Gasteiger partial charge is 0.344 e. The summed E-state index contributed by atoms with van der Waals surface area (Å²) in [6.07, 6.45) is 10.6. The minimum atomic E-state index is -4.30. The van der Waals surface area contributed by atoms with Crippen LogP contribution in [0, 0.1) is 0 Å². The van der Waals surface area contributed by atoms with Crippen LogP contribution in [0.1, 0.15) is 69.9 Å². The number of nitrogen functional groups attached to an aromatic ring is 1. The van der Waals surface area contributed by atoms with Crippen molar-refractivity contribution >= 4 is 37.0 Å². The van der Waals surface area contributed by atoms with Gasteiger partial charge in [0.1, 0.15) is 23.6 Å². The Kier molecular flexibility index (Phi) is 14.6. The number of carbonyl (C=O) groups excluding carboxylic acids is 2. The number of nitrogens with zero attached hydrogens (tertiary/aromatic N) is 7. The van der Waals surface area contributed by atoms with E-state index in [1.165, 1.54) is 32.1 Å². The lowest BCUT2D eigenvalue weighted by atomic mass is 9.95. The molecule has 2 aromatic rings. The third-order valence-electron chi connectivity index (χ3n) is 8.29. The number of rotatable bonds is 19. The zero-order chi connectivity index (χ0) is 33.5. The van der Waals surface area contributed by atoms with Crippen LogP contribution < -0.4 is 31.9 Å². The van der Waals surface area contributed by atoms with E-state index in [0.29, 0.717) is 56.7 Å². The van der Waals surface area contributed by atoms with E-state index in [1.807, 2.05) is 15.8 Å². The quantitative estimate of drug-likeness (QED) is 0.0799. The maximum atomic E-state index is 12.6. The Bertz CT molecular complexity index is 1310. The van der Waals surface area contributed by atoms with Gasteiger partial charge in [0.25, 0.3) is 0 Å². The normalized spacial score (nSPS) is 16.0. The number of aryl methyl sites for hydroxylation is 1. The van der Waals surface area contributed by atoms with Crippen molar-refractivity contribution in [2.75, 3.05) is 68.0 Å². The van der Waals surface area contributed by atoms with Crippen LogP contribution in [0.4, 0.5) is 17.6 Å². The molecule has 2 aromatic heterocycles. The first kappa shape index (κ1) is 36.5. The topological polar surface area (TPSA) is 229 Å². The Balaban J connectivity index is 1.10. The predicted molar refractivity (Wildman–Crippen MR) is 178 cm³/mol. The summed E-state index contributed by atoms with van der Waals surface area (Å²) in [7, 11) is -4.30. The first-order valence-electron chi connectivity index (χ1n) is 16.7. The lowest BCUT2D eigenvalue weighted by Crippen LogP contribution is -2.49. The summed E-state index contributed by atoms with van der Waals surface area (Å²) < 4.78 is 12.7. The van der Waals surface area contributed by atoms with Crippen molar-refractivity contribution in [3.8, 4) is 0 Å². The lowest BCUT2D eigenvalue weighted by molar-refractivity contribution is -0.131. The molecule has 2 fully saturated rings. The highest BCUT2D eigenvalue weighted by Crippen LogP contribution is 2.32. The maximum absolute atomic E-state index is 12.6. The zero-order valence-electron chi connectivity index (χ0n) is 27.1. The lowest BCUT2D eigenvalue weighted by Gasteiger charge is -2.35. The van der Waals surface area contributed by atoms with Gasteiger partial charge in [0.15, 0.2) is 0 Å². The number of nitrogens with two attached hydrogens (primary N) is 1. The average Bonchev–Trinajstić information content (AvgIpc) is 3.51. The number of aromatic nitrogens is 5. The highest BCUT2D eigenvalue weighted by molar-refractivity contribution is 7.51. The average molecular weight is 679 g/mol. The molecule has 2 amide bonds. The molecule has 0 radical (unpaired) electrons. The van der Waals surface area contributed by atoms with Gasteiger partial charge < -0.3 is 46.6 Å². The van der Waals surface area contributed by atoms with Gasteiger partial charge in [0, 0.05) is 57.7 Å². The summed E-state index contributed by atoms with van der Waals surface area (Å²) in [6, 6.07) is 2.42. The van der Waals surface area contributed by atoms with E-state index >= 15 is 0 Å². The van der Waals surface area contributed by atoms with Gasteiger partial charge in [-0.2, -0.15) is 9.97 Å². The van der Waals surface area contributed by atoms with E-state index in [-0.39, 0.29) is 18.7 Å². The molecule has 4 rings (SSSR count). The fraction of sp³-hybridized carbons (Fsp3) is 0.724. The molecule has 1 aliphatic heterocycles. The molecule has 1 saturated carbocycles. The second-order valence-electron chi connectivity index (χ2n) is 12.2. The van der Waals surface area contributed by atoms with Crippen molar-refractivity contribution in [2.45, 2.75) is 83.3 Å². The summed E-state index contributed by atoms with van der Waals surface area (Å²) in [6.45, 7) is 6.30. The minimum Gasteiger partial charge on any atom is -0.383 e. The molecule has 1 saturated heterocycles. The summed E-state index contributed by atoms with van der Waals surface area (Å²) >= 11 is 0. The highest BCUT2D eigenvalue weighted by Gasteiger charge is 2.23. The second kappa shape index (κ2) is 18.8. The van der Waals surface area contributed by atoms with Crippen LogP contribution in [0.5, 0.6) is 0 Å². The van der Waals surface area contributed by atoms with E-state index in [1.54, 1.807) is 11.0 Å². The standard InChI is InChI=1S/C29H51N12O5P/c30-25-19-26(39-15-17-40(18-16-39)28(43)10-4-9-27(42)34-22-47(44,45)46)36-29(35-25)33-20-24-21-41(38-37-24)14-6-12-31-11-5-13-32-23-7-2-1-3-8-23/h19,21,23,31-32H,1-18,20,22H2,(H,34,42)(H2,44,45,46)(H3,30,33,35,36).